The molecule has 0 amide bonds. The largest absolute Gasteiger partial charge is 3.00 e. The van der Waals surface area contributed by atoms with E-state index in [0.717, 1.165) is 0 Å². The molecule has 0 aliphatic heterocycles. The van der Waals surface area contributed by atoms with Crippen LogP contribution in [0, 0.1) is 0 Å². The van der Waals surface area contributed by atoms with Crippen LogP contribution < -0.4 is 0 Å². The summed E-state index contributed by atoms with van der Waals surface area (Å²) >= 11 is 0. The fourth-order valence-corrected chi connectivity index (χ4v) is 0. The van der Waals surface area contributed by atoms with E-state index in [1.165, 1.54) is 0 Å². The van der Waals surface area contributed by atoms with Crippen LogP contribution in [0.25, 0.3) is 0 Å². The molecular weight excluding hydrogens is 101 g/mol. The summed E-state index contributed by atoms with van der Waals surface area (Å²) < 4.78 is 0. The summed E-state index contributed by atoms with van der Waals surface area (Å²) in [5.74, 6) is 0. The van der Waals surface area contributed by atoms with Crippen LogP contribution >= 0.6 is 9.90 Å². The summed E-state index contributed by atoms with van der Waals surface area (Å²) in [4.78, 5) is 0. The summed E-state index contributed by atoms with van der Waals surface area (Å²) in [5.41, 5.74) is 0. The van der Waals surface area contributed by atoms with Crippen LogP contribution in [0.3, 0.4) is 0 Å². The fraction of sp³-hybridized carbons (Fsp3) is 0. The molecule has 16 valence electrons. The van der Waals surface area contributed by atoms with E-state index >= 15 is 0 Å². The maximum Gasteiger partial charge on any atom is 3.00 e. The van der Waals surface area contributed by atoms with Crippen molar-refractivity contribution < 1.29 is 5.48 Å². The van der Waals surface area contributed by atoms with Crippen molar-refractivity contribution in [2.24, 2.45) is 0 Å². The third-order valence-electron chi connectivity index (χ3n) is 0. The molecule has 0 saturated heterocycles. The maximum atomic E-state index is 0. The molecular formula is H3Al2OP+4. The maximum absolute atomic E-state index is 0. The van der Waals surface area contributed by atoms with E-state index < -0.39 is 0 Å². The van der Waals surface area contributed by atoms with E-state index in [1.54, 1.807) is 0 Å². The minimum Gasteiger partial charge on any atom is -2.00 e. The molecule has 0 aromatic rings. The standard InChI is InChI=1S/2Al.O.H3P/h;;;1H3/q2*+3;-2;. The Balaban J connectivity index is 0. The molecule has 0 bridgehead atoms. The van der Waals surface area contributed by atoms with Gasteiger partial charge in [-0.2, -0.15) is 9.90 Å². The van der Waals surface area contributed by atoms with E-state index in [4.69, 9.17) is 0 Å². The fourth-order valence-electron chi connectivity index (χ4n) is 0. The molecule has 0 spiro atoms. The van der Waals surface area contributed by atoms with Gasteiger partial charge in [-0.3, -0.25) is 0 Å². The summed E-state index contributed by atoms with van der Waals surface area (Å²) in [5, 5.41) is 0. The first kappa shape index (κ1) is 51.1. The summed E-state index contributed by atoms with van der Waals surface area (Å²) in [6.07, 6.45) is 0. The van der Waals surface area contributed by atoms with Gasteiger partial charge in [0.2, 0.25) is 0 Å². The first-order valence-electron chi connectivity index (χ1n) is 0. The predicted octanol–water partition coefficient (Wildman–Crippen LogP) is -0.822. The van der Waals surface area contributed by atoms with Gasteiger partial charge in [0.15, 0.2) is 0 Å². The third-order valence-corrected chi connectivity index (χ3v) is 0. The van der Waals surface area contributed by atoms with Crippen molar-refractivity contribution in [1.82, 2.24) is 0 Å². The van der Waals surface area contributed by atoms with E-state index in [-0.39, 0.29) is 50.1 Å². The smallest absolute Gasteiger partial charge is 2.00 e. The van der Waals surface area contributed by atoms with Crippen LogP contribution in [0.2, 0.25) is 0 Å². The molecule has 4 heteroatoms. The Morgan fingerprint density at radius 3 is 0.750 bits per heavy atom. The van der Waals surface area contributed by atoms with Crippen LogP contribution in [0.5, 0.6) is 0 Å². The Hall–Kier alpha value is 1.45. The van der Waals surface area contributed by atoms with Crippen LogP contribution in [0.15, 0.2) is 0 Å². The summed E-state index contributed by atoms with van der Waals surface area (Å²) in [7, 11) is 0. The zero-order valence-corrected chi connectivity index (χ0v) is 5.99. The van der Waals surface area contributed by atoms with Gasteiger partial charge in [0, 0.05) is 0 Å². The Kier molecular flexibility index (Phi) is 321. The molecule has 0 heterocycles. The SMILES string of the molecule is P.[Al+3].[Al+3].[O-2]. The summed E-state index contributed by atoms with van der Waals surface area (Å²) in [6, 6.07) is 0. The molecule has 0 aromatic heterocycles. The molecule has 0 N–H and O–H groups in total. The van der Waals surface area contributed by atoms with Crippen molar-refractivity contribution in [1.29, 1.82) is 0 Å². The van der Waals surface area contributed by atoms with Crippen molar-refractivity contribution >= 4 is 44.6 Å². The molecule has 1 unspecified atom stereocenters. The van der Waals surface area contributed by atoms with Crippen molar-refractivity contribution in [3.63, 3.8) is 0 Å². The van der Waals surface area contributed by atoms with Gasteiger partial charge in [-0.05, 0) is 0 Å². The van der Waals surface area contributed by atoms with Crippen LogP contribution in [0.4, 0.5) is 0 Å². The first-order chi connectivity index (χ1) is 0. The second-order valence-electron chi connectivity index (χ2n) is 0. The van der Waals surface area contributed by atoms with E-state index in [9.17, 15) is 0 Å². The number of hydrogen-bond donors (Lipinski definition) is 0. The first-order valence-corrected chi connectivity index (χ1v) is 0. The molecule has 0 fully saturated rings. The van der Waals surface area contributed by atoms with Gasteiger partial charge in [-0.15, -0.1) is 0 Å². The number of hydrogen-bond acceptors (Lipinski definition) is 0. The molecule has 0 aromatic carbocycles. The molecule has 1 nitrogen and oxygen atoms in total. The normalized spacial score (nSPS) is 0. The topological polar surface area (TPSA) is 28.5 Å². The average molecular weight is 104 g/mol. The van der Waals surface area contributed by atoms with Gasteiger partial charge in [0.25, 0.3) is 0 Å². The van der Waals surface area contributed by atoms with Crippen LogP contribution in [-0.2, 0) is 5.48 Å². The van der Waals surface area contributed by atoms with Crippen LogP contribution in [0.1, 0.15) is 0 Å². The van der Waals surface area contributed by atoms with Gasteiger partial charge in [-0.25, -0.2) is 0 Å². The average Bonchev–Trinajstić information content (AvgIpc) is 0. The van der Waals surface area contributed by atoms with Gasteiger partial charge < -0.3 is 5.48 Å². The van der Waals surface area contributed by atoms with Gasteiger partial charge >= 0.3 is 34.7 Å². The van der Waals surface area contributed by atoms with E-state index in [2.05, 4.69) is 0 Å². The Morgan fingerprint density at radius 1 is 0.750 bits per heavy atom. The van der Waals surface area contributed by atoms with E-state index in [0.29, 0.717) is 0 Å². The predicted molar refractivity (Wildman–Crippen MR) is 23.3 cm³/mol. The van der Waals surface area contributed by atoms with Gasteiger partial charge in [-0.1, -0.05) is 0 Å². The summed E-state index contributed by atoms with van der Waals surface area (Å²) in [6.45, 7) is 0. The van der Waals surface area contributed by atoms with Gasteiger partial charge in [0.05, 0.1) is 0 Å². The van der Waals surface area contributed by atoms with Crippen molar-refractivity contribution in [2.75, 3.05) is 0 Å². The van der Waals surface area contributed by atoms with Gasteiger partial charge in [0.1, 0.15) is 0 Å². The zero-order chi connectivity index (χ0) is 0. The Morgan fingerprint density at radius 2 is 0.750 bits per heavy atom. The minimum absolute atomic E-state index is 0. The quantitative estimate of drug-likeness (QED) is 0.283. The van der Waals surface area contributed by atoms with Crippen molar-refractivity contribution in [3.8, 4) is 0 Å². The molecule has 1 atom stereocenters. The second-order valence-corrected chi connectivity index (χ2v) is 0. The molecule has 0 aliphatic rings. The molecule has 0 saturated carbocycles. The van der Waals surface area contributed by atoms with Crippen LogP contribution in [-0.4, -0.2) is 34.7 Å². The third kappa shape index (κ3) is 9.84. The van der Waals surface area contributed by atoms with E-state index in [1.807, 2.05) is 0 Å². The molecule has 4 heavy (non-hydrogen) atoms. The molecule has 0 rings (SSSR count). The zero-order valence-electron chi connectivity index (χ0n) is 2.27. The number of rotatable bonds is 0. The Bertz CT molecular complexity index is 6.00. The monoisotopic (exact) mass is 104 g/mol. The minimum atomic E-state index is 0. The Labute approximate surface area is 50.3 Å². The molecule has 0 aliphatic carbocycles. The van der Waals surface area contributed by atoms with Crippen molar-refractivity contribution in [3.05, 3.63) is 0 Å². The molecule has 0 radical (unpaired) electrons. The van der Waals surface area contributed by atoms with Crippen molar-refractivity contribution in [2.45, 2.75) is 0 Å². The second kappa shape index (κ2) is 25.1.